The van der Waals surface area contributed by atoms with Crippen molar-refractivity contribution < 1.29 is 14.3 Å². The maximum Gasteiger partial charge on any atom is 0.254 e. The molecular formula is C13H16BrNO3. The monoisotopic (exact) mass is 313 g/mol. The van der Waals surface area contributed by atoms with E-state index in [-0.39, 0.29) is 5.91 Å². The fourth-order valence-corrected chi connectivity index (χ4v) is 2.39. The van der Waals surface area contributed by atoms with Gasteiger partial charge in [0.1, 0.15) is 0 Å². The number of carbonyl (C=O) groups is 1. The summed E-state index contributed by atoms with van der Waals surface area (Å²) in [5, 5.41) is 0. The Hall–Kier alpha value is -1.23. The van der Waals surface area contributed by atoms with Crippen LogP contribution in [0, 0.1) is 0 Å². The molecule has 18 heavy (non-hydrogen) atoms. The zero-order valence-corrected chi connectivity index (χ0v) is 12.1. The first-order chi connectivity index (χ1) is 8.67. The maximum absolute atomic E-state index is 12.1. The molecule has 0 N–H and O–H groups in total. The first kappa shape index (κ1) is 13.2. The molecule has 4 nitrogen and oxygen atoms in total. The van der Waals surface area contributed by atoms with Crippen LogP contribution in [0.5, 0.6) is 11.5 Å². The van der Waals surface area contributed by atoms with Gasteiger partial charge < -0.3 is 14.4 Å². The van der Waals surface area contributed by atoms with Gasteiger partial charge >= 0.3 is 0 Å². The Kier molecular flexibility index (Phi) is 4.11. The summed E-state index contributed by atoms with van der Waals surface area (Å²) in [5.74, 6) is 1.26. The zero-order chi connectivity index (χ0) is 13.1. The number of hydrogen-bond donors (Lipinski definition) is 0. The third-order valence-corrected chi connectivity index (χ3v) is 3.50. The van der Waals surface area contributed by atoms with Crippen molar-refractivity contribution in [3.8, 4) is 11.5 Å². The predicted octanol–water partition coefficient (Wildman–Crippen LogP) is 2.70. The van der Waals surface area contributed by atoms with E-state index in [2.05, 4.69) is 15.9 Å². The van der Waals surface area contributed by atoms with E-state index in [1.807, 2.05) is 11.8 Å². The highest BCUT2D eigenvalue weighted by Crippen LogP contribution is 2.37. The van der Waals surface area contributed by atoms with Gasteiger partial charge in [0.05, 0.1) is 18.2 Å². The Morgan fingerprint density at radius 2 is 2.17 bits per heavy atom. The Morgan fingerprint density at radius 3 is 2.67 bits per heavy atom. The van der Waals surface area contributed by atoms with E-state index >= 15 is 0 Å². The molecule has 0 radical (unpaired) electrons. The van der Waals surface area contributed by atoms with E-state index in [1.54, 1.807) is 19.2 Å². The van der Waals surface area contributed by atoms with Crippen LogP contribution in [0.4, 0.5) is 0 Å². The molecule has 0 aliphatic carbocycles. The normalized spacial score (nSPS) is 14.1. The SMILES string of the molecule is CCOc1c(Br)cc(C(=O)N2CCC2)cc1OC. The molecule has 0 saturated carbocycles. The second-order valence-electron chi connectivity index (χ2n) is 4.07. The largest absolute Gasteiger partial charge is 0.493 e. The summed E-state index contributed by atoms with van der Waals surface area (Å²) in [5.41, 5.74) is 0.627. The standard InChI is InChI=1S/C13H16BrNO3/c1-3-18-12-10(14)7-9(8-11(12)17-2)13(16)15-5-4-6-15/h7-8H,3-6H2,1-2H3. The van der Waals surface area contributed by atoms with Gasteiger partial charge in [-0.2, -0.15) is 0 Å². The van der Waals surface area contributed by atoms with Crippen LogP contribution in [-0.4, -0.2) is 37.6 Å². The van der Waals surface area contributed by atoms with E-state index in [0.717, 1.165) is 24.0 Å². The third-order valence-electron chi connectivity index (χ3n) is 2.91. The van der Waals surface area contributed by atoms with Crippen molar-refractivity contribution in [3.63, 3.8) is 0 Å². The molecule has 1 saturated heterocycles. The molecule has 0 bridgehead atoms. The van der Waals surface area contributed by atoms with Crippen LogP contribution >= 0.6 is 15.9 Å². The molecule has 1 heterocycles. The molecule has 2 rings (SSSR count). The number of halogens is 1. The van der Waals surface area contributed by atoms with E-state index in [4.69, 9.17) is 9.47 Å². The van der Waals surface area contributed by atoms with Gasteiger partial charge in [-0.05, 0) is 41.4 Å². The highest BCUT2D eigenvalue weighted by atomic mass is 79.9. The quantitative estimate of drug-likeness (QED) is 0.858. The second-order valence-corrected chi connectivity index (χ2v) is 4.92. The number of benzene rings is 1. The summed E-state index contributed by atoms with van der Waals surface area (Å²) in [6, 6.07) is 3.52. The predicted molar refractivity (Wildman–Crippen MR) is 72.4 cm³/mol. The van der Waals surface area contributed by atoms with Gasteiger partial charge in [0.25, 0.3) is 5.91 Å². The van der Waals surface area contributed by atoms with Gasteiger partial charge in [-0.15, -0.1) is 0 Å². The van der Waals surface area contributed by atoms with Crippen molar-refractivity contribution in [1.82, 2.24) is 4.90 Å². The van der Waals surface area contributed by atoms with Crippen molar-refractivity contribution in [1.29, 1.82) is 0 Å². The van der Waals surface area contributed by atoms with Crippen molar-refractivity contribution in [2.75, 3.05) is 26.8 Å². The van der Waals surface area contributed by atoms with Crippen molar-refractivity contribution in [2.24, 2.45) is 0 Å². The first-order valence-corrected chi connectivity index (χ1v) is 6.76. The van der Waals surface area contributed by atoms with Crippen molar-refractivity contribution >= 4 is 21.8 Å². The molecule has 5 heteroatoms. The molecule has 1 aliphatic rings. The molecular weight excluding hydrogens is 298 g/mol. The summed E-state index contributed by atoms with van der Waals surface area (Å²) >= 11 is 3.42. The maximum atomic E-state index is 12.1. The number of hydrogen-bond acceptors (Lipinski definition) is 3. The summed E-state index contributed by atoms with van der Waals surface area (Å²) < 4.78 is 11.5. The highest BCUT2D eigenvalue weighted by molar-refractivity contribution is 9.10. The topological polar surface area (TPSA) is 38.8 Å². The Labute approximate surface area is 115 Å². The van der Waals surface area contributed by atoms with Gasteiger partial charge in [0.2, 0.25) is 0 Å². The van der Waals surface area contributed by atoms with Gasteiger partial charge in [-0.3, -0.25) is 4.79 Å². The van der Waals surface area contributed by atoms with Crippen LogP contribution in [0.1, 0.15) is 23.7 Å². The molecule has 98 valence electrons. The molecule has 0 atom stereocenters. The summed E-state index contributed by atoms with van der Waals surface area (Å²) in [6.45, 7) is 4.14. The Balaban J connectivity index is 2.32. The number of nitrogens with zero attached hydrogens (tertiary/aromatic N) is 1. The summed E-state index contributed by atoms with van der Waals surface area (Å²) in [4.78, 5) is 13.9. The average molecular weight is 314 g/mol. The van der Waals surface area contributed by atoms with E-state index in [0.29, 0.717) is 23.7 Å². The van der Waals surface area contributed by atoms with Crippen LogP contribution in [0.2, 0.25) is 0 Å². The lowest BCUT2D eigenvalue weighted by atomic mass is 10.1. The minimum absolute atomic E-state index is 0.0447. The average Bonchev–Trinajstić information content (AvgIpc) is 2.29. The summed E-state index contributed by atoms with van der Waals surface area (Å²) in [6.07, 6.45) is 1.08. The molecule has 0 spiro atoms. The molecule has 1 aromatic rings. The number of methoxy groups -OCH3 is 1. The van der Waals surface area contributed by atoms with Gasteiger partial charge in [-0.25, -0.2) is 0 Å². The van der Waals surface area contributed by atoms with E-state index in [1.165, 1.54) is 0 Å². The van der Waals surface area contributed by atoms with Gasteiger partial charge in [0, 0.05) is 18.7 Å². The number of rotatable bonds is 4. The van der Waals surface area contributed by atoms with Crippen LogP contribution in [0.25, 0.3) is 0 Å². The lowest BCUT2D eigenvalue weighted by Gasteiger charge is -2.31. The lowest BCUT2D eigenvalue weighted by molar-refractivity contribution is 0.0651. The van der Waals surface area contributed by atoms with Crippen molar-refractivity contribution in [3.05, 3.63) is 22.2 Å². The van der Waals surface area contributed by atoms with Crippen LogP contribution in [-0.2, 0) is 0 Å². The molecule has 1 aliphatic heterocycles. The highest BCUT2D eigenvalue weighted by Gasteiger charge is 2.23. The summed E-state index contributed by atoms with van der Waals surface area (Å²) in [7, 11) is 1.57. The first-order valence-electron chi connectivity index (χ1n) is 5.97. The van der Waals surface area contributed by atoms with E-state index < -0.39 is 0 Å². The molecule has 0 unspecified atom stereocenters. The van der Waals surface area contributed by atoms with E-state index in [9.17, 15) is 4.79 Å². The number of carbonyl (C=O) groups excluding carboxylic acids is 1. The molecule has 1 fully saturated rings. The molecule has 0 aromatic heterocycles. The van der Waals surface area contributed by atoms with Crippen molar-refractivity contribution in [2.45, 2.75) is 13.3 Å². The number of ether oxygens (including phenoxy) is 2. The van der Waals surface area contributed by atoms with Gasteiger partial charge in [0.15, 0.2) is 11.5 Å². The minimum Gasteiger partial charge on any atom is -0.493 e. The van der Waals surface area contributed by atoms with Gasteiger partial charge in [-0.1, -0.05) is 0 Å². The smallest absolute Gasteiger partial charge is 0.254 e. The fourth-order valence-electron chi connectivity index (χ4n) is 1.83. The Bertz CT molecular complexity index is 458. The zero-order valence-electron chi connectivity index (χ0n) is 10.5. The van der Waals surface area contributed by atoms with Crippen LogP contribution < -0.4 is 9.47 Å². The third kappa shape index (κ3) is 2.46. The number of amides is 1. The molecule has 1 amide bonds. The fraction of sp³-hybridized carbons (Fsp3) is 0.462. The Morgan fingerprint density at radius 1 is 1.44 bits per heavy atom. The minimum atomic E-state index is 0.0447. The molecule has 1 aromatic carbocycles. The lowest BCUT2D eigenvalue weighted by Crippen LogP contribution is -2.42. The number of likely N-dealkylation sites (tertiary alicyclic amines) is 1. The second kappa shape index (κ2) is 5.61. The van der Waals surface area contributed by atoms with Crippen LogP contribution in [0.15, 0.2) is 16.6 Å². The van der Waals surface area contributed by atoms with Crippen LogP contribution in [0.3, 0.4) is 0 Å².